The van der Waals surface area contributed by atoms with E-state index in [1.54, 1.807) is 48.5 Å². The first kappa shape index (κ1) is 11.9. The van der Waals surface area contributed by atoms with Gasteiger partial charge in [-0.3, -0.25) is 9.59 Å². The van der Waals surface area contributed by atoms with Gasteiger partial charge in [-0.2, -0.15) is 0 Å². The molecule has 0 bridgehead atoms. The van der Waals surface area contributed by atoms with Gasteiger partial charge >= 0.3 is 0 Å². The lowest BCUT2D eigenvalue weighted by Crippen LogP contribution is -2.20. The highest BCUT2D eigenvalue weighted by Gasteiger charge is 2.28. The molecule has 0 radical (unpaired) electrons. The third-order valence-corrected chi connectivity index (χ3v) is 2.83. The number of benzene rings is 2. The Balaban J connectivity index is 0.000000574. The molecule has 1 aliphatic rings. The minimum atomic E-state index is -0.0641. The summed E-state index contributed by atoms with van der Waals surface area (Å²) in [5.74, 6) is -0.128. The number of fused-ring (bicyclic) bond motifs is 2. The van der Waals surface area contributed by atoms with E-state index in [0.29, 0.717) is 22.3 Å². The van der Waals surface area contributed by atoms with Crippen molar-refractivity contribution < 1.29 is 15.1 Å². The van der Waals surface area contributed by atoms with Crippen LogP contribution < -0.4 is 5.53 Å². The standard InChI is InChI=1S/C14H8O2.H2N2/c15-13-9-5-1-2-6-10(9)14(16)12-8-4-3-7-11(12)13;1-2/h1-8H;1H2. The van der Waals surface area contributed by atoms with Crippen LogP contribution in [0.4, 0.5) is 0 Å². The van der Waals surface area contributed by atoms with Crippen LogP contribution in [0.2, 0.25) is 0 Å². The Hall–Kier alpha value is -2.62. The molecule has 0 heterocycles. The van der Waals surface area contributed by atoms with E-state index >= 15 is 0 Å². The summed E-state index contributed by atoms with van der Waals surface area (Å²) in [6, 6.07) is 13.9. The van der Waals surface area contributed by atoms with Crippen LogP contribution in [0, 0.1) is 0 Å². The molecule has 0 amide bonds. The molecule has 2 aromatic rings. The van der Waals surface area contributed by atoms with Gasteiger partial charge in [0, 0.05) is 22.3 Å². The van der Waals surface area contributed by atoms with Crippen molar-refractivity contribution in [2.45, 2.75) is 0 Å². The highest BCUT2D eigenvalue weighted by molar-refractivity contribution is 6.28. The smallest absolute Gasteiger partial charge is 0.194 e. The molecule has 0 atom stereocenters. The summed E-state index contributed by atoms with van der Waals surface area (Å²) in [4.78, 5) is 24.2. The van der Waals surface area contributed by atoms with Gasteiger partial charge in [0.05, 0.1) is 0 Å². The Morgan fingerprint density at radius 3 is 1.06 bits per heavy atom. The van der Waals surface area contributed by atoms with Crippen LogP contribution in [-0.4, -0.2) is 11.6 Å². The number of carbonyl (C=O) groups is 2. The second-order valence-electron chi connectivity index (χ2n) is 3.75. The third kappa shape index (κ3) is 1.64. The summed E-state index contributed by atoms with van der Waals surface area (Å²) in [7, 11) is 0. The van der Waals surface area contributed by atoms with E-state index in [1.165, 1.54) is 0 Å². The second-order valence-corrected chi connectivity index (χ2v) is 3.75. The zero-order chi connectivity index (χ0) is 13.1. The number of nitrogens with two attached hydrogens (primary N) is 1. The fourth-order valence-corrected chi connectivity index (χ4v) is 2.05. The molecule has 0 aromatic heterocycles. The minimum Gasteiger partial charge on any atom is -0.510 e. The SMILES string of the molecule is O=C1c2ccccc2C(=O)c2ccccc21.[N-]=[NH2+]. The first-order valence-electron chi connectivity index (χ1n) is 5.32. The Kier molecular flexibility index (Phi) is 3.10. The van der Waals surface area contributed by atoms with Crippen molar-refractivity contribution in [3.8, 4) is 0 Å². The normalized spacial score (nSPS) is 12.0. The molecule has 2 N–H and O–H groups in total. The van der Waals surface area contributed by atoms with Crippen molar-refractivity contribution in [1.82, 2.24) is 0 Å². The van der Waals surface area contributed by atoms with Crippen molar-refractivity contribution >= 4 is 11.6 Å². The van der Waals surface area contributed by atoms with Crippen LogP contribution in [-0.2, 0) is 0 Å². The van der Waals surface area contributed by atoms with Gasteiger partial charge in [0.1, 0.15) is 0 Å². The Labute approximate surface area is 104 Å². The molecule has 0 aliphatic heterocycles. The molecule has 4 heteroatoms. The summed E-state index contributed by atoms with van der Waals surface area (Å²) in [6.45, 7) is 0. The molecule has 4 nitrogen and oxygen atoms in total. The molecule has 0 spiro atoms. The van der Waals surface area contributed by atoms with E-state index in [4.69, 9.17) is 5.53 Å². The maximum Gasteiger partial charge on any atom is 0.194 e. The van der Waals surface area contributed by atoms with Crippen molar-refractivity contribution in [2.75, 3.05) is 0 Å². The number of hydrogen-bond acceptors (Lipinski definition) is 2. The Morgan fingerprint density at radius 2 is 0.833 bits per heavy atom. The van der Waals surface area contributed by atoms with Crippen molar-refractivity contribution in [3.05, 3.63) is 76.3 Å². The van der Waals surface area contributed by atoms with Gasteiger partial charge in [0.25, 0.3) is 0 Å². The number of nitrogens with zero attached hydrogens (tertiary/aromatic N) is 1. The molecule has 0 fully saturated rings. The quantitative estimate of drug-likeness (QED) is 0.597. The van der Waals surface area contributed by atoms with Crippen LogP contribution >= 0.6 is 0 Å². The number of hydrogen-bond donors (Lipinski definition) is 1. The minimum absolute atomic E-state index is 0.0641. The fraction of sp³-hybridized carbons (Fsp3) is 0. The molecule has 0 saturated heterocycles. The summed E-state index contributed by atoms with van der Waals surface area (Å²) >= 11 is 0. The Bertz CT molecular complexity index is 530. The first-order chi connectivity index (χ1) is 8.79. The van der Waals surface area contributed by atoms with Gasteiger partial charge in [-0.15, -0.1) is 0 Å². The van der Waals surface area contributed by atoms with Gasteiger partial charge in [0.2, 0.25) is 0 Å². The summed E-state index contributed by atoms with van der Waals surface area (Å²) in [6.07, 6.45) is 0. The van der Waals surface area contributed by atoms with Crippen LogP contribution in [0.3, 0.4) is 0 Å². The van der Waals surface area contributed by atoms with E-state index in [1.807, 2.05) is 0 Å². The molecule has 3 rings (SSSR count). The molecule has 18 heavy (non-hydrogen) atoms. The largest absolute Gasteiger partial charge is 0.510 e. The Morgan fingerprint density at radius 1 is 0.611 bits per heavy atom. The second kappa shape index (κ2) is 4.71. The van der Waals surface area contributed by atoms with Crippen LogP contribution in [0.1, 0.15) is 31.8 Å². The van der Waals surface area contributed by atoms with E-state index in [9.17, 15) is 9.59 Å². The summed E-state index contributed by atoms with van der Waals surface area (Å²) in [5.41, 5.74) is 12.0. The highest BCUT2D eigenvalue weighted by atomic mass is 16.1. The third-order valence-electron chi connectivity index (χ3n) is 2.83. The van der Waals surface area contributed by atoms with Crippen LogP contribution in [0.5, 0.6) is 0 Å². The van der Waals surface area contributed by atoms with E-state index < -0.39 is 0 Å². The molecular weight excluding hydrogens is 228 g/mol. The topological polar surface area (TPSA) is 82.0 Å². The van der Waals surface area contributed by atoms with Gasteiger partial charge < -0.3 is 11.1 Å². The van der Waals surface area contributed by atoms with Crippen molar-refractivity contribution in [2.24, 2.45) is 0 Å². The fourth-order valence-electron chi connectivity index (χ4n) is 2.05. The average Bonchev–Trinajstić information content (AvgIpc) is 2.47. The average molecular weight is 238 g/mol. The predicted molar refractivity (Wildman–Crippen MR) is 65.0 cm³/mol. The molecule has 88 valence electrons. The lowest BCUT2D eigenvalue weighted by atomic mass is 9.84. The summed E-state index contributed by atoms with van der Waals surface area (Å²) < 4.78 is 0. The van der Waals surface area contributed by atoms with Gasteiger partial charge in [-0.1, -0.05) is 48.5 Å². The zero-order valence-electron chi connectivity index (χ0n) is 9.46. The molecular formula is C14H10N2O2. The molecule has 1 aliphatic carbocycles. The van der Waals surface area contributed by atoms with E-state index in [0.717, 1.165) is 0 Å². The molecule has 0 unspecified atom stereocenters. The number of ketones is 2. The lowest BCUT2D eigenvalue weighted by Gasteiger charge is -2.16. The van der Waals surface area contributed by atoms with Crippen LogP contribution in [0.15, 0.2) is 48.5 Å². The van der Waals surface area contributed by atoms with Gasteiger partial charge in [0.15, 0.2) is 11.6 Å². The monoisotopic (exact) mass is 238 g/mol. The zero-order valence-corrected chi connectivity index (χ0v) is 9.46. The van der Waals surface area contributed by atoms with Crippen LogP contribution in [0.25, 0.3) is 5.53 Å². The summed E-state index contributed by atoms with van der Waals surface area (Å²) in [5, 5.41) is 0. The first-order valence-corrected chi connectivity index (χ1v) is 5.32. The highest BCUT2D eigenvalue weighted by Crippen LogP contribution is 2.26. The van der Waals surface area contributed by atoms with Crippen molar-refractivity contribution in [3.63, 3.8) is 0 Å². The number of rotatable bonds is 0. The lowest BCUT2D eigenvalue weighted by molar-refractivity contribution is -0.143. The van der Waals surface area contributed by atoms with E-state index in [2.05, 4.69) is 5.53 Å². The maximum atomic E-state index is 12.1. The van der Waals surface area contributed by atoms with Gasteiger partial charge in [-0.05, 0) is 0 Å². The molecule has 0 saturated carbocycles. The predicted octanol–water partition coefficient (Wildman–Crippen LogP) is 1.23. The molecule has 2 aromatic carbocycles. The van der Waals surface area contributed by atoms with Gasteiger partial charge in [-0.25, -0.2) is 0 Å². The van der Waals surface area contributed by atoms with Crippen molar-refractivity contribution in [1.29, 1.82) is 0 Å². The number of carbonyl (C=O) groups excluding carboxylic acids is 2. The maximum absolute atomic E-state index is 12.1. The van der Waals surface area contributed by atoms with E-state index in [-0.39, 0.29) is 11.6 Å².